The number of fused-ring (bicyclic) bond motifs is 1. The Hall–Kier alpha value is -2.08. The van der Waals surface area contributed by atoms with Crippen molar-refractivity contribution < 1.29 is 14.3 Å². The molecule has 0 radical (unpaired) electrons. The van der Waals surface area contributed by atoms with E-state index in [2.05, 4.69) is 5.32 Å². The first-order valence-electron chi connectivity index (χ1n) is 5.65. The van der Waals surface area contributed by atoms with Crippen LogP contribution in [0.5, 0.6) is 5.75 Å². The topological polar surface area (TPSA) is 84.7 Å². The summed E-state index contributed by atoms with van der Waals surface area (Å²) in [6.07, 6.45) is 0.321. The number of nitrogens with two attached hydrogens (primary N) is 1. The number of benzene rings is 1. The summed E-state index contributed by atoms with van der Waals surface area (Å²) in [6.45, 7) is 0.298. The lowest BCUT2D eigenvalue weighted by Crippen LogP contribution is -2.32. The van der Waals surface area contributed by atoms with Crippen molar-refractivity contribution in [2.24, 2.45) is 5.73 Å². The second kappa shape index (κ2) is 5.05. The highest BCUT2D eigenvalue weighted by molar-refractivity contribution is 5.97. The molecule has 1 aliphatic heterocycles. The normalized spacial score (nSPS) is 14.0. The Morgan fingerprint density at radius 3 is 3.06 bits per heavy atom. The van der Waals surface area contributed by atoms with Crippen LogP contribution < -0.4 is 20.7 Å². The van der Waals surface area contributed by atoms with Crippen molar-refractivity contribution >= 4 is 23.2 Å². The molecule has 1 aliphatic rings. The first-order valence-corrected chi connectivity index (χ1v) is 5.65. The molecule has 2 rings (SSSR count). The molecule has 3 N–H and O–H groups in total. The molecule has 0 saturated carbocycles. The van der Waals surface area contributed by atoms with Crippen LogP contribution in [0.15, 0.2) is 18.2 Å². The summed E-state index contributed by atoms with van der Waals surface area (Å²) >= 11 is 0. The van der Waals surface area contributed by atoms with E-state index in [1.807, 2.05) is 0 Å². The van der Waals surface area contributed by atoms with Gasteiger partial charge in [-0.1, -0.05) is 0 Å². The van der Waals surface area contributed by atoms with Crippen molar-refractivity contribution in [2.75, 3.05) is 30.4 Å². The Balaban J connectivity index is 2.31. The number of hydrogen-bond donors (Lipinski definition) is 2. The van der Waals surface area contributed by atoms with E-state index in [-0.39, 0.29) is 18.4 Å². The van der Waals surface area contributed by atoms with E-state index in [4.69, 9.17) is 10.5 Å². The molecule has 18 heavy (non-hydrogen) atoms. The van der Waals surface area contributed by atoms with Crippen LogP contribution in [0.3, 0.4) is 0 Å². The van der Waals surface area contributed by atoms with E-state index in [1.165, 1.54) is 4.90 Å². The van der Waals surface area contributed by atoms with Gasteiger partial charge in [0.1, 0.15) is 5.75 Å². The number of carbonyl (C=O) groups excluding carboxylic acids is 2. The molecule has 2 amide bonds. The zero-order valence-corrected chi connectivity index (χ0v) is 10.1. The van der Waals surface area contributed by atoms with Crippen molar-refractivity contribution in [2.45, 2.75) is 6.42 Å². The van der Waals surface area contributed by atoms with E-state index < -0.39 is 0 Å². The van der Waals surface area contributed by atoms with Gasteiger partial charge >= 0.3 is 0 Å². The number of rotatable bonds is 2. The van der Waals surface area contributed by atoms with Gasteiger partial charge in [0.05, 0.1) is 25.3 Å². The molecule has 96 valence electrons. The summed E-state index contributed by atoms with van der Waals surface area (Å²) in [5.74, 6) is 0.313. The van der Waals surface area contributed by atoms with E-state index in [0.29, 0.717) is 30.2 Å². The van der Waals surface area contributed by atoms with Crippen molar-refractivity contribution in [3.05, 3.63) is 18.2 Å². The summed E-state index contributed by atoms with van der Waals surface area (Å²) in [6, 6.07) is 5.19. The van der Waals surface area contributed by atoms with Gasteiger partial charge in [-0.3, -0.25) is 9.59 Å². The van der Waals surface area contributed by atoms with Crippen molar-refractivity contribution in [3.63, 3.8) is 0 Å². The fourth-order valence-electron chi connectivity index (χ4n) is 1.70. The lowest BCUT2D eigenvalue weighted by Gasteiger charge is -2.18. The van der Waals surface area contributed by atoms with E-state index >= 15 is 0 Å². The minimum absolute atomic E-state index is 0.0591. The van der Waals surface area contributed by atoms with Gasteiger partial charge in [-0.05, 0) is 18.2 Å². The molecule has 0 aliphatic carbocycles. The van der Waals surface area contributed by atoms with E-state index in [1.54, 1.807) is 25.2 Å². The summed E-state index contributed by atoms with van der Waals surface area (Å²) in [7, 11) is 1.64. The minimum atomic E-state index is -0.198. The van der Waals surface area contributed by atoms with Crippen molar-refractivity contribution in [1.82, 2.24) is 0 Å². The van der Waals surface area contributed by atoms with Crippen LogP contribution in [0.2, 0.25) is 0 Å². The molecule has 0 bridgehead atoms. The highest BCUT2D eigenvalue weighted by Gasteiger charge is 2.16. The number of ether oxygens (including phenoxy) is 1. The maximum Gasteiger partial charge on any atom is 0.240 e. The molecule has 0 unspecified atom stereocenters. The number of nitrogens with zero attached hydrogens (tertiary/aromatic N) is 1. The van der Waals surface area contributed by atoms with Crippen LogP contribution >= 0.6 is 0 Å². The number of hydrogen-bond acceptors (Lipinski definition) is 4. The molecule has 6 heteroatoms. The third-order valence-electron chi connectivity index (χ3n) is 2.76. The van der Waals surface area contributed by atoms with Crippen LogP contribution in [0.1, 0.15) is 6.42 Å². The molecule has 0 fully saturated rings. The smallest absolute Gasteiger partial charge is 0.240 e. The number of nitrogens with one attached hydrogen (secondary N) is 1. The molecule has 6 nitrogen and oxygen atoms in total. The van der Waals surface area contributed by atoms with Crippen LogP contribution in [0, 0.1) is 0 Å². The highest BCUT2D eigenvalue weighted by Crippen LogP contribution is 2.31. The fourth-order valence-corrected chi connectivity index (χ4v) is 1.70. The predicted octanol–water partition coefficient (Wildman–Crippen LogP) is 0.329. The molecule has 0 atom stereocenters. The third-order valence-corrected chi connectivity index (χ3v) is 2.76. The maximum atomic E-state index is 11.5. The Labute approximate surface area is 105 Å². The maximum absolute atomic E-state index is 11.5. The quantitative estimate of drug-likeness (QED) is 0.791. The number of carbonyl (C=O) groups is 2. The molecule has 0 aromatic heterocycles. The Morgan fingerprint density at radius 1 is 1.56 bits per heavy atom. The van der Waals surface area contributed by atoms with E-state index in [9.17, 15) is 9.59 Å². The van der Waals surface area contributed by atoms with Crippen LogP contribution in [-0.2, 0) is 9.59 Å². The SMILES string of the molecule is CN(C(=O)CN)c1ccc2c(c1)NC(=O)CCO2. The average Bonchev–Trinajstić information content (AvgIpc) is 2.56. The van der Waals surface area contributed by atoms with Gasteiger partial charge in [0.25, 0.3) is 0 Å². The standard InChI is InChI=1S/C12H15N3O3/c1-15(12(17)7-13)8-2-3-10-9(6-8)14-11(16)4-5-18-10/h2-3,6H,4-5,7,13H2,1H3,(H,14,16). The van der Waals surface area contributed by atoms with E-state index in [0.717, 1.165) is 0 Å². The second-order valence-corrected chi connectivity index (χ2v) is 3.98. The summed E-state index contributed by atoms with van der Waals surface area (Å²) < 4.78 is 5.43. The van der Waals surface area contributed by atoms with Gasteiger partial charge in [-0.25, -0.2) is 0 Å². The van der Waals surface area contributed by atoms with Gasteiger partial charge in [0.2, 0.25) is 11.8 Å². The lowest BCUT2D eigenvalue weighted by molar-refractivity contribution is -0.117. The Bertz CT molecular complexity index is 487. The van der Waals surface area contributed by atoms with Crippen molar-refractivity contribution in [1.29, 1.82) is 0 Å². The third kappa shape index (κ3) is 2.43. The first-order chi connectivity index (χ1) is 8.61. The molecule has 1 aromatic carbocycles. The molecule has 1 heterocycles. The zero-order chi connectivity index (χ0) is 13.1. The van der Waals surface area contributed by atoms with Gasteiger partial charge in [-0.2, -0.15) is 0 Å². The fraction of sp³-hybridized carbons (Fsp3) is 0.333. The Morgan fingerprint density at radius 2 is 2.33 bits per heavy atom. The predicted molar refractivity (Wildman–Crippen MR) is 67.6 cm³/mol. The largest absolute Gasteiger partial charge is 0.491 e. The number of amides is 2. The highest BCUT2D eigenvalue weighted by atomic mass is 16.5. The molecule has 1 aromatic rings. The molecule has 0 saturated heterocycles. The lowest BCUT2D eigenvalue weighted by atomic mass is 10.2. The Kier molecular flexibility index (Phi) is 3.47. The number of likely N-dealkylation sites (N-methyl/N-ethyl adjacent to an activating group) is 1. The second-order valence-electron chi connectivity index (χ2n) is 3.98. The zero-order valence-electron chi connectivity index (χ0n) is 10.1. The average molecular weight is 249 g/mol. The number of anilines is 2. The van der Waals surface area contributed by atoms with Crippen molar-refractivity contribution in [3.8, 4) is 5.75 Å². The van der Waals surface area contributed by atoms with Crippen LogP contribution in [0.25, 0.3) is 0 Å². The van der Waals surface area contributed by atoms with Crippen LogP contribution in [0.4, 0.5) is 11.4 Å². The van der Waals surface area contributed by atoms with Gasteiger partial charge < -0.3 is 20.7 Å². The minimum Gasteiger partial charge on any atom is -0.491 e. The summed E-state index contributed by atoms with van der Waals surface area (Å²) in [5.41, 5.74) is 6.55. The van der Waals surface area contributed by atoms with Crippen LogP contribution in [-0.4, -0.2) is 32.0 Å². The van der Waals surface area contributed by atoms with Gasteiger partial charge in [-0.15, -0.1) is 0 Å². The monoisotopic (exact) mass is 249 g/mol. The van der Waals surface area contributed by atoms with Gasteiger partial charge in [0, 0.05) is 12.7 Å². The summed E-state index contributed by atoms with van der Waals surface area (Å²) in [5, 5.41) is 2.74. The molecular formula is C12H15N3O3. The molecular weight excluding hydrogens is 234 g/mol. The summed E-state index contributed by atoms with van der Waals surface area (Å²) in [4.78, 5) is 24.4. The molecule has 0 spiro atoms. The first kappa shape index (κ1) is 12.4. The van der Waals surface area contributed by atoms with Gasteiger partial charge in [0.15, 0.2) is 0 Å².